The highest BCUT2D eigenvalue weighted by molar-refractivity contribution is 5.93. The van der Waals surface area contributed by atoms with E-state index in [9.17, 15) is 4.79 Å². The van der Waals surface area contributed by atoms with Gasteiger partial charge in [-0.2, -0.15) is 0 Å². The molecule has 0 saturated carbocycles. The zero-order valence-electron chi connectivity index (χ0n) is 19.9. The number of benzene rings is 4. The molecule has 0 bridgehead atoms. The summed E-state index contributed by atoms with van der Waals surface area (Å²) < 4.78 is 11.3. The smallest absolute Gasteiger partial charge is 0.338 e. The molecule has 0 fully saturated rings. The van der Waals surface area contributed by atoms with Crippen LogP contribution < -0.4 is 10.1 Å². The molecule has 4 nitrogen and oxygen atoms in total. The van der Waals surface area contributed by atoms with Crippen LogP contribution in [0.2, 0.25) is 0 Å². The highest BCUT2D eigenvalue weighted by atomic mass is 16.5. The van der Waals surface area contributed by atoms with Gasteiger partial charge in [-0.3, -0.25) is 0 Å². The highest BCUT2D eigenvalue weighted by Crippen LogP contribution is 2.26. The Labute approximate surface area is 206 Å². The van der Waals surface area contributed by atoms with E-state index in [2.05, 4.69) is 47.8 Å². The number of carbonyl (C=O) groups excluding carboxylic acids is 1. The second kappa shape index (κ2) is 10.6. The Kier molecular flexibility index (Phi) is 6.92. The highest BCUT2D eigenvalue weighted by Gasteiger charge is 2.21. The summed E-state index contributed by atoms with van der Waals surface area (Å²) in [5, 5.41) is 5.95. The second-order valence-corrected chi connectivity index (χ2v) is 8.90. The minimum Gasteiger partial charge on any atom is -0.489 e. The topological polar surface area (TPSA) is 47.6 Å². The lowest BCUT2D eigenvalue weighted by Crippen LogP contribution is -2.32. The summed E-state index contributed by atoms with van der Waals surface area (Å²) in [5.41, 5.74) is 5.26. The van der Waals surface area contributed by atoms with Crippen LogP contribution in [-0.4, -0.2) is 32.3 Å². The van der Waals surface area contributed by atoms with Crippen molar-refractivity contribution in [3.63, 3.8) is 0 Å². The minimum atomic E-state index is -0.342. The van der Waals surface area contributed by atoms with Crippen molar-refractivity contribution >= 4 is 22.8 Å². The van der Waals surface area contributed by atoms with Gasteiger partial charge in [0.05, 0.1) is 12.7 Å². The molecule has 0 radical (unpaired) electrons. The van der Waals surface area contributed by atoms with E-state index in [1.165, 1.54) is 18.2 Å². The van der Waals surface area contributed by atoms with Crippen LogP contribution in [0.1, 0.15) is 27.0 Å². The van der Waals surface area contributed by atoms with Crippen LogP contribution in [0.25, 0.3) is 16.8 Å². The van der Waals surface area contributed by atoms with Gasteiger partial charge in [0.25, 0.3) is 0 Å². The largest absolute Gasteiger partial charge is 0.489 e. The molecule has 0 unspecified atom stereocenters. The van der Waals surface area contributed by atoms with Gasteiger partial charge < -0.3 is 14.8 Å². The van der Waals surface area contributed by atoms with E-state index in [4.69, 9.17) is 9.47 Å². The van der Waals surface area contributed by atoms with E-state index < -0.39 is 0 Å². The van der Waals surface area contributed by atoms with Gasteiger partial charge in [-0.25, -0.2) is 4.79 Å². The molecular formula is C31H29NO3. The zero-order valence-corrected chi connectivity index (χ0v) is 19.9. The van der Waals surface area contributed by atoms with Crippen LogP contribution >= 0.6 is 0 Å². The molecule has 176 valence electrons. The van der Waals surface area contributed by atoms with Crippen LogP contribution in [-0.2, 0) is 17.6 Å². The molecule has 1 aliphatic carbocycles. The number of rotatable bonds is 8. The molecule has 0 spiro atoms. The van der Waals surface area contributed by atoms with Crippen molar-refractivity contribution in [2.75, 3.05) is 20.3 Å². The third kappa shape index (κ3) is 5.28. The normalized spacial score (nSPS) is 13.6. The van der Waals surface area contributed by atoms with E-state index in [1.807, 2.05) is 48.5 Å². The van der Waals surface area contributed by atoms with Crippen LogP contribution in [0.5, 0.6) is 5.75 Å². The third-order valence-corrected chi connectivity index (χ3v) is 6.56. The second-order valence-electron chi connectivity index (χ2n) is 8.90. The fourth-order valence-electron chi connectivity index (χ4n) is 4.75. The fourth-order valence-corrected chi connectivity index (χ4v) is 4.75. The molecule has 0 heterocycles. The lowest BCUT2D eigenvalue weighted by molar-refractivity contribution is 0.0600. The standard InChI is InChI=1S/C31H29NO3/c1-34-31(33)29-15-7-5-12-26(29)17-22(20-32-27-18-24-10-2-3-11-25(24)19-27)21-35-30-16-8-13-23-9-4-6-14-28(23)30/h2-17,27,32H,18-21H2,1H3. The molecule has 0 atom stereocenters. The SMILES string of the molecule is COC(=O)c1ccccc1C=C(CNC1Cc2ccccc2C1)COc1cccc2ccccc12. The summed E-state index contributed by atoms with van der Waals surface area (Å²) in [4.78, 5) is 12.3. The van der Waals surface area contributed by atoms with E-state index in [0.717, 1.165) is 40.5 Å². The molecule has 0 aliphatic heterocycles. The monoisotopic (exact) mass is 463 g/mol. The number of fused-ring (bicyclic) bond motifs is 2. The fraction of sp³-hybridized carbons (Fsp3) is 0.194. The van der Waals surface area contributed by atoms with Gasteiger partial charge in [-0.15, -0.1) is 0 Å². The summed E-state index contributed by atoms with van der Waals surface area (Å²) in [6.07, 6.45) is 4.09. The molecule has 4 aromatic rings. The molecule has 4 aromatic carbocycles. The number of esters is 1. The molecule has 0 amide bonds. The molecule has 4 heteroatoms. The predicted molar refractivity (Wildman–Crippen MR) is 141 cm³/mol. The zero-order chi connectivity index (χ0) is 24.0. The van der Waals surface area contributed by atoms with Crippen molar-refractivity contribution in [1.82, 2.24) is 5.32 Å². The molecule has 5 rings (SSSR count). The summed E-state index contributed by atoms with van der Waals surface area (Å²) in [7, 11) is 1.41. The Morgan fingerprint density at radius 3 is 2.37 bits per heavy atom. The molecule has 0 saturated heterocycles. The molecule has 0 aromatic heterocycles. The number of ether oxygens (including phenoxy) is 2. The summed E-state index contributed by atoms with van der Waals surface area (Å²) in [5.74, 6) is 0.508. The maximum Gasteiger partial charge on any atom is 0.338 e. The van der Waals surface area contributed by atoms with Gasteiger partial charge in [0.2, 0.25) is 0 Å². The van der Waals surface area contributed by atoms with Gasteiger partial charge in [0, 0.05) is 18.0 Å². The first-order chi connectivity index (χ1) is 17.2. The van der Waals surface area contributed by atoms with Crippen LogP contribution in [0.4, 0.5) is 0 Å². The van der Waals surface area contributed by atoms with Crippen molar-refractivity contribution in [3.05, 3.63) is 119 Å². The van der Waals surface area contributed by atoms with E-state index >= 15 is 0 Å². The van der Waals surface area contributed by atoms with Crippen LogP contribution in [0, 0.1) is 0 Å². The molecule has 1 aliphatic rings. The van der Waals surface area contributed by atoms with Crippen LogP contribution in [0.3, 0.4) is 0 Å². The Hall–Kier alpha value is -3.89. The predicted octanol–water partition coefficient (Wildman–Crippen LogP) is 5.85. The van der Waals surface area contributed by atoms with Gasteiger partial charge in [-0.1, -0.05) is 84.9 Å². The first kappa shape index (κ1) is 22.9. The van der Waals surface area contributed by atoms with E-state index in [0.29, 0.717) is 24.8 Å². The maximum absolute atomic E-state index is 12.3. The Morgan fingerprint density at radius 1 is 0.886 bits per heavy atom. The Morgan fingerprint density at radius 2 is 1.57 bits per heavy atom. The van der Waals surface area contributed by atoms with E-state index in [1.54, 1.807) is 6.07 Å². The van der Waals surface area contributed by atoms with Crippen molar-refractivity contribution in [3.8, 4) is 5.75 Å². The molecule has 1 N–H and O–H groups in total. The summed E-state index contributed by atoms with van der Waals surface area (Å²) in [6.45, 7) is 1.08. The number of carbonyl (C=O) groups is 1. The average molecular weight is 464 g/mol. The van der Waals surface area contributed by atoms with Crippen molar-refractivity contribution < 1.29 is 14.3 Å². The first-order valence-electron chi connectivity index (χ1n) is 12.0. The lowest BCUT2D eigenvalue weighted by atomic mass is 10.0. The minimum absolute atomic E-state index is 0.342. The lowest BCUT2D eigenvalue weighted by Gasteiger charge is -2.17. The van der Waals surface area contributed by atoms with Gasteiger partial charge in [0.1, 0.15) is 12.4 Å². The van der Waals surface area contributed by atoms with Crippen molar-refractivity contribution in [2.24, 2.45) is 0 Å². The first-order valence-corrected chi connectivity index (χ1v) is 12.0. The number of methoxy groups -OCH3 is 1. The summed E-state index contributed by atoms with van der Waals surface area (Å²) >= 11 is 0. The Bertz CT molecular complexity index is 1340. The molecular weight excluding hydrogens is 434 g/mol. The maximum atomic E-state index is 12.3. The number of nitrogens with one attached hydrogen (secondary N) is 1. The number of hydrogen-bond acceptors (Lipinski definition) is 4. The van der Waals surface area contributed by atoms with Gasteiger partial charge in [-0.05, 0) is 52.6 Å². The quantitative estimate of drug-likeness (QED) is 0.333. The summed E-state index contributed by atoms with van der Waals surface area (Å²) in [6, 6.07) is 30.9. The number of hydrogen-bond donors (Lipinski definition) is 1. The molecule has 35 heavy (non-hydrogen) atoms. The average Bonchev–Trinajstić information content (AvgIpc) is 3.33. The van der Waals surface area contributed by atoms with Crippen molar-refractivity contribution in [1.29, 1.82) is 0 Å². The van der Waals surface area contributed by atoms with Crippen LogP contribution in [0.15, 0.2) is 96.6 Å². The van der Waals surface area contributed by atoms with Gasteiger partial charge >= 0.3 is 5.97 Å². The third-order valence-electron chi connectivity index (χ3n) is 6.56. The van der Waals surface area contributed by atoms with Crippen molar-refractivity contribution in [2.45, 2.75) is 18.9 Å². The van der Waals surface area contributed by atoms with E-state index in [-0.39, 0.29) is 5.97 Å². The van der Waals surface area contributed by atoms with Gasteiger partial charge in [0.15, 0.2) is 0 Å². The Balaban J connectivity index is 1.38.